The lowest BCUT2D eigenvalue weighted by atomic mass is 9.96. The van der Waals surface area contributed by atoms with Gasteiger partial charge in [-0.05, 0) is 101 Å². The highest BCUT2D eigenvalue weighted by Crippen LogP contribution is 2.33. The summed E-state index contributed by atoms with van der Waals surface area (Å²) in [5.74, 6) is 0.809. The quantitative estimate of drug-likeness (QED) is 0.366. The number of rotatable bonds is 8. The van der Waals surface area contributed by atoms with E-state index in [0.717, 1.165) is 69.5 Å². The molecule has 2 fully saturated rings. The van der Waals surface area contributed by atoms with Crippen molar-refractivity contribution in [2.75, 3.05) is 39.3 Å². The van der Waals surface area contributed by atoms with Gasteiger partial charge in [0.2, 0.25) is 5.91 Å². The number of nitrogens with zero attached hydrogens (tertiary/aromatic N) is 5. The summed E-state index contributed by atoms with van der Waals surface area (Å²) in [5.41, 5.74) is 4.36. The van der Waals surface area contributed by atoms with Crippen LogP contribution in [0.1, 0.15) is 68.4 Å². The first-order chi connectivity index (χ1) is 19.7. The Morgan fingerprint density at radius 3 is 2.51 bits per heavy atom. The van der Waals surface area contributed by atoms with Crippen molar-refractivity contribution in [2.45, 2.75) is 66.3 Å². The molecule has 1 atom stereocenters. The van der Waals surface area contributed by atoms with Crippen molar-refractivity contribution in [3.05, 3.63) is 59.3 Å². The molecule has 0 bridgehead atoms. The number of aromatic nitrogens is 2. The van der Waals surface area contributed by atoms with E-state index in [1.54, 1.807) is 17.9 Å². The van der Waals surface area contributed by atoms with Crippen molar-refractivity contribution in [2.24, 2.45) is 11.8 Å². The van der Waals surface area contributed by atoms with Crippen molar-refractivity contribution < 1.29 is 14.0 Å². The average molecular weight is 562 g/mol. The normalized spacial score (nSPS) is 18.5. The highest BCUT2D eigenvalue weighted by Gasteiger charge is 2.29. The van der Waals surface area contributed by atoms with E-state index in [-0.39, 0.29) is 17.9 Å². The Morgan fingerprint density at radius 1 is 1.10 bits per heavy atom. The molecular formula is C33H44FN5O2. The Bertz CT molecular complexity index is 1410. The fourth-order valence-corrected chi connectivity index (χ4v) is 6.93. The van der Waals surface area contributed by atoms with E-state index in [2.05, 4.69) is 23.0 Å². The van der Waals surface area contributed by atoms with Crippen molar-refractivity contribution >= 4 is 22.7 Å². The third-order valence-corrected chi connectivity index (χ3v) is 9.11. The number of pyridine rings is 1. The first-order valence-electron chi connectivity index (χ1n) is 15.2. The zero-order chi connectivity index (χ0) is 29.3. The molecule has 4 heterocycles. The van der Waals surface area contributed by atoms with E-state index in [4.69, 9.17) is 0 Å². The zero-order valence-electron chi connectivity index (χ0n) is 25.2. The number of amides is 2. The van der Waals surface area contributed by atoms with Gasteiger partial charge in [0.05, 0.1) is 23.0 Å². The Morgan fingerprint density at radius 2 is 1.83 bits per heavy atom. The molecular weight excluding hydrogens is 517 g/mol. The predicted octanol–water partition coefficient (Wildman–Crippen LogP) is 5.47. The minimum atomic E-state index is -0.416. The Labute approximate surface area is 243 Å². The molecule has 3 aromatic rings. The van der Waals surface area contributed by atoms with Gasteiger partial charge in [0, 0.05) is 63.5 Å². The maximum Gasteiger partial charge on any atom is 0.256 e. The van der Waals surface area contributed by atoms with Crippen LogP contribution in [0.4, 0.5) is 4.39 Å². The van der Waals surface area contributed by atoms with E-state index < -0.39 is 5.82 Å². The molecule has 41 heavy (non-hydrogen) atoms. The molecule has 5 rings (SSSR count). The summed E-state index contributed by atoms with van der Waals surface area (Å²) < 4.78 is 16.5. The Kier molecular flexibility index (Phi) is 8.78. The largest absolute Gasteiger partial charge is 0.343 e. The Hall–Kier alpha value is -3.26. The van der Waals surface area contributed by atoms with Gasteiger partial charge in [0.15, 0.2) is 0 Å². The SMILES string of the molecule is CCN(C(=O)c1cc(F)ccc1-n1cc(C[C@H]2CCN(CC3CCN(C(C)=O)CC3)C2)c2c(C)cncc21)C(C)C. The van der Waals surface area contributed by atoms with Gasteiger partial charge in [-0.1, -0.05) is 0 Å². The molecule has 0 spiro atoms. The fraction of sp³-hybridized carbons (Fsp3) is 0.545. The van der Waals surface area contributed by atoms with Crippen LogP contribution in [0.5, 0.6) is 0 Å². The van der Waals surface area contributed by atoms with E-state index >= 15 is 0 Å². The fourth-order valence-electron chi connectivity index (χ4n) is 6.93. The molecule has 2 saturated heterocycles. The van der Waals surface area contributed by atoms with Crippen LogP contribution in [0, 0.1) is 24.6 Å². The van der Waals surface area contributed by atoms with Crippen LogP contribution >= 0.6 is 0 Å². The summed E-state index contributed by atoms with van der Waals surface area (Å²) in [6.07, 6.45) is 10.2. The number of likely N-dealkylation sites (tertiary alicyclic amines) is 2. The summed E-state index contributed by atoms with van der Waals surface area (Å²) in [4.78, 5) is 36.1. The number of hydrogen-bond acceptors (Lipinski definition) is 4. The average Bonchev–Trinajstić information content (AvgIpc) is 3.54. The molecule has 0 aliphatic carbocycles. The second-order valence-corrected chi connectivity index (χ2v) is 12.3. The lowest BCUT2D eigenvalue weighted by Gasteiger charge is -2.33. The molecule has 2 aliphatic rings. The van der Waals surface area contributed by atoms with Crippen molar-refractivity contribution in [1.29, 1.82) is 0 Å². The first-order valence-corrected chi connectivity index (χ1v) is 15.2. The van der Waals surface area contributed by atoms with Crippen molar-refractivity contribution in [3.8, 4) is 5.69 Å². The van der Waals surface area contributed by atoms with Crippen LogP contribution in [0.2, 0.25) is 0 Å². The van der Waals surface area contributed by atoms with Crippen molar-refractivity contribution in [3.63, 3.8) is 0 Å². The molecule has 0 saturated carbocycles. The van der Waals surface area contributed by atoms with E-state index in [1.165, 1.54) is 23.1 Å². The van der Waals surface area contributed by atoms with Crippen LogP contribution in [0.25, 0.3) is 16.6 Å². The van der Waals surface area contributed by atoms with Crippen LogP contribution < -0.4 is 0 Å². The van der Waals surface area contributed by atoms with Gasteiger partial charge in [0.25, 0.3) is 5.91 Å². The van der Waals surface area contributed by atoms with Gasteiger partial charge in [-0.15, -0.1) is 0 Å². The minimum absolute atomic E-state index is 0.0106. The highest BCUT2D eigenvalue weighted by molar-refractivity contribution is 5.99. The number of carbonyl (C=O) groups is 2. The number of benzene rings is 1. The zero-order valence-corrected chi connectivity index (χ0v) is 25.2. The van der Waals surface area contributed by atoms with Crippen LogP contribution in [-0.2, 0) is 11.2 Å². The minimum Gasteiger partial charge on any atom is -0.343 e. The van der Waals surface area contributed by atoms with Crippen LogP contribution in [0.3, 0.4) is 0 Å². The molecule has 7 nitrogen and oxygen atoms in total. The summed E-state index contributed by atoms with van der Waals surface area (Å²) in [7, 11) is 0. The molecule has 8 heteroatoms. The first kappa shape index (κ1) is 29.2. The van der Waals surface area contributed by atoms with Gasteiger partial charge in [-0.2, -0.15) is 0 Å². The van der Waals surface area contributed by atoms with Gasteiger partial charge in [0.1, 0.15) is 5.82 Å². The number of aryl methyl sites for hydroxylation is 1. The van der Waals surface area contributed by atoms with E-state index in [9.17, 15) is 14.0 Å². The van der Waals surface area contributed by atoms with Gasteiger partial charge in [-0.25, -0.2) is 4.39 Å². The van der Waals surface area contributed by atoms with Gasteiger partial charge < -0.3 is 19.3 Å². The molecule has 0 unspecified atom stereocenters. The highest BCUT2D eigenvalue weighted by atomic mass is 19.1. The van der Waals surface area contributed by atoms with Crippen LogP contribution in [0.15, 0.2) is 36.8 Å². The predicted molar refractivity (Wildman–Crippen MR) is 161 cm³/mol. The number of hydrogen-bond donors (Lipinski definition) is 0. The van der Waals surface area contributed by atoms with E-state index in [0.29, 0.717) is 29.6 Å². The molecule has 2 amide bonds. The second kappa shape index (κ2) is 12.3. The van der Waals surface area contributed by atoms with Crippen molar-refractivity contribution in [1.82, 2.24) is 24.3 Å². The summed E-state index contributed by atoms with van der Waals surface area (Å²) >= 11 is 0. The summed E-state index contributed by atoms with van der Waals surface area (Å²) in [6.45, 7) is 15.3. The molecule has 2 aliphatic heterocycles. The second-order valence-electron chi connectivity index (χ2n) is 12.3. The summed E-state index contributed by atoms with van der Waals surface area (Å²) in [6, 6.07) is 4.53. The van der Waals surface area contributed by atoms with Crippen LogP contribution in [-0.4, -0.2) is 81.4 Å². The lowest BCUT2D eigenvalue weighted by molar-refractivity contribution is -0.130. The van der Waals surface area contributed by atoms with Gasteiger partial charge >= 0.3 is 0 Å². The Balaban J connectivity index is 1.39. The smallest absolute Gasteiger partial charge is 0.256 e. The third-order valence-electron chi connectivity index (χ3n) is 9.11. The molecule has 1 aromatic carbocycles. The third kappa shape index (κ3) is 6.17. The van der Waals surface area contributed by atoms with E-state index in [1.807, 2.05) is 42.6 Å². The maximum absolute atomic E-state index is 14.5. The molecule has 0 N–H and O–H groups in total. The monoisotopic (exact) mass is 561 g/mol. The lowest BCUT2D eigenvalue weighted by Crippen LogP contribution is -2.40. The topological polar surface area (TPSA) is 61.7 Å². The number of fused-ring (bicyclic) bond motifs is 1. The number of halogens is 1. The number of carbonyl (C=O) groups excluding carboxylic acids is 2. The van der Waals surface area contributed by atoms with Gasteiger partial charge in [-0.3, -0.25) is 14.6 Å². The standard InChI is InChI=1S/C33H44FN5O2/c1-6-38(22(2)3)33(41)29-16-28(34)7-8-30(29)39-21-27(32-23(4)17-35-18-31(32)39)15-26-9-12-36(20-26)19-25-10-13-37(14-11-25)24(5)40/h7-8,16-18,21-22,25-26H,6,9-15,19-20H2,1-5H3/t26-/m1/s1. The molecule has 0 radical (unpaired) electrons. The molecule has 2 aromatic heterocycles. The number of piperidine rings is 1. The summed E-state index contributed by atoms with van der Waals surface area (Å²) in [5, 5.41) is 1.17. The molecule has 220 valence electrons. The maximum atomic E-state index is 14.5.